The largest absolute Gasteiger partial charge is 0.497 e. The maximum Gasteiger partial charge on any atom is 0.339 e. The summed E-state index contributed by atoms with van der Waals surface area (Å²) < 4.78 is 47.8. The fourth-order valence-corrected chi connectivity index (χ4v) is 3.55. The van der Waals surface area contributed by atoms with Gasteiger partial charge in [-0.2, -0.15) is 8.42 Å². The quantitative estimate of drug-likeness (QED) is 0.589. The molecule has 3 aromatic carbocycles. The Morgan fingerprint density at radius 3 is 1.82 bits per heavy atom. The molecule has 5 nitrogen and oxygen atoms in total. The van der Waals surface area contributed by atoms with E-state index in [-0.39, 0.29) is 16.5 Å². The first kappa shape index (κ1) is 19.9. The summed E-state index contributed by atoms with van der Waals surface area (Å²) in [4.78, 5) is 0.0602. The van der Waals surface area contributed by atoms with Gasteiger partial charge in [0.2, 0.25) is 0 Å². The summed E-state index contributed by atoms with van der Waals surface area (Å²) in [6.07, 6.45) is 0. The topological polar surface area (TPSA) is 69.2 Å². The van der Waals surface area contributed by atoms with E-state index in [1.165, 1.54) is 31.4 Å². The molecule has 0 aliphatic heterocycles. The van der Waals surface area contributed by atoms with Gasteiger partial charge in [0.25, 0.3) is 0 Å². The van der Waals surface area contributed by atoms with Gasteiger partial charge in [-0.3, -0.25) is 0 Å². The van der Waals surface area contributed by atoms with E-state index in [0.717, 1.165) is 17.7 Å². The van der Waals surface area contributed by atoms with Gasteiger partial charge in [-0.25, -0.2) is 4.39 Å². The zero-order valence-electron chi connectivity index (χ0n) is 15.3. The highest BCUT2D eigenvalue weighted by molar-refractivity contribution is 7.87. The van der Waals surface area contributed by atoms with E-state index < -0.39 is 10.1 Å². The van der Waals surface area contributed by atoms with Crippen LogP contribution in [0.25, 0.3) is 0 Å². The molecule has 7 heteroatoms. The summed E-state index contributed by atoms with van der Waals surface area (Å²) in [5, 5.41) is 2.08. The van der Waals surface area contributed by atoms with Crippen molar-refractivity contribution in [3.63, 3.8) is 0 Å². The fourth-order valence-electron chi connectivity index (χ4n) is 2.62. The van der Waals surface area contributed by atoms with Crippen molar-refractivity contribution in [2.45, 2.75) is 18.0 Å². The summed E-state index contributed by atoms with van der Waals surface area (Å²) in [5.74, 6) is 0.572. The average molecular weight is 402 g/mol. The third-order valence-corrected chi connectivity index (χ3v) is 5.41. The minimum atomic E-state index is -3.90. The fraction of sp³-hybridized carbons (Fsp3) is 0.143. The summed E-state index contributed by atoms with van der Waals surface area (Å²) in [5.41, 5.74) is 2.06. The van der Waals surface area contributed by atoms with Gasteiger partial charge in [0.15, 0.2) is 0 Å². The SMILES string of the molecule is COc1ccc(S(=O)(=O)Oc2ccc(C[NH2+]Cc3ccc(F)cc3)cc2)cc1. The molecule has 0 aliphatic carbocycles. The summed E-state index contributed by atoms with van der Waals surface area (Å²) in [6, 6.07) is 19.3. The van der Waals surface area contributed by atoms with Crippen molar-refractivity contribution in [3.8, 4) is 11.5 Å². The molecule has 0 amide bonds. The average Bonchev–Trinajstić information content (AvgIpc) is 2.70. The van der Waals surface area contributed by atoms with Crippen LogP contribution >= 0.6 is 0 Å². The van der Waals surface area contributed by atoms with E-state index in [0.29, 0.717) is 12.3 Å². The lowest BCUT2D eigenvalue weighted by Crippen LogP contribution is -2.80. The maximum absolute atomic E-state index is 12.9. The maximum atomic E-state index is 12.9. The van der Waals surface area contributed by atoms with Crippen LogP contribution in [0.1, 0.15) is 11.1 Å². The van der Waals surface area contributed by atoms with E-state index in [9.17, 15) is 12.8 Å². The normalized spacial score (nSPS) is 11.2. The molecule has 0 radical (unpaired) electrons. The number of rotatable bonds is 8. The van der Waals surface area contributed by atoms with Gasteiger partial charge >= 0.3 is 10.1 Å². The number of nitrogens with two attached hydrogens (primary N) is 1. The number of benzene rings is 3. The highest BCUT2D eigenvalue weighted by Crippen LogP contribution is 2.21. The summed E-state index contributed by atoms with van der Waals surface area (Å²) >= 11 is 0. The Balaban J connectivity index is 1.56. The number of methoxy groups -OCH3 is 1. The predicted molar refractivity (Wildman–Crippen MR) is 103 cm³/mol. The Kier molecular flexibility index (Phi) is 6.28. The van der Waals surface area contributed by atoms with Gasteiger partial charge in [-0.15, -0.1) is 0 Å². The molecule has 0 saturated carbocycles. The van der Waals surface area contributed by atoms with Crippen LogP contribution < -0.4 is 14.2 Å². The van der Waals surface area contributed by atoms with Gasteiger partial charge in [-0.05, 0) is 60.7 Å². The molecule has 28 heavy (non-hydrogen) atoms. The van der Waals surface area contributed by atoms with Crippen LogP contribution in [-0.2, 0) is 23.2 Å². The molecule has 0 atom stereocenters. The molecular formula is C21H21FNO4S+. The molecule has 0 bridgehead atoms. The van der Waals surface area contributed by atoms with Crippen LogP contribution in [0.2, 0.25) is 0 Å². The summed E-state index contributed by atoms with van der Waals surface area (Å²) in [7, 11) is -2.39. The van der Waals surface area contributed by atoms with Crippen molar-refractivity contribution in [2.75, 3.05) is 7.11 Å². The van der Waals surface area contributed by atoms with Gasteiger partial charge in [0.05, 0.1) is 7.11 Å². The van der Waals surface area contributed by atoms with Crippen molar-refractivity contribution < 1.29 is 27.0 Å². The van der Waals surface area contributed by atoms with Crippen molar-refractivity contribution in [1.29, 1.82) is 0 Å². The van der Waals surface area contributed by atoms with Crippen LogP contribution in [0.4, 0.5) is 4.39 Å². The molecule has 0 saturated heterocycles. The van der Waals surface area contributed by atoms with Crippen LogP contribution in [0.15, 0.2) is 77.7 Å². The highest BCUT2D eigenvalue weighted by atomic mass is 32.2. The van der Waals surface area contributed by atoms with Crippen LogP contribution in [0.5, 0.6) is 11.5 Å². The standard InChI is InChI=1S/C21H20FNO4S/c1-26-19-10-12-21(13-11-19)28(24,25)27-20-8-4-17(5-9-20)15-23-14-16-2-6-18(22)7-3-16/h2-13,23H,14-15H2,1H3/p+1. The molecule has 3 aromatic rings. The van der Waals surface area contributed by atoms with E-state index in [2.05, 4.69) is 5.32 Å². The van der Waals surface area contributed by atoms with Crippen molar-refractivity contribution >= 4 is 10.1 Å². The molecule has 0 heterocycles. The lowest BCUT2D eigenvalue weighted by atomic mass is 10.2. The molecule has 0 aromatic heterocycles. The van der Waals surface area contributed by atoms with Crippen molar-refractivity contribution in [3.05, 3.63) is 89.7 Å². The second-order valence-electron chi connectivity index (χ2n) is 6.18. The molecule has 2 N–H and O–H groups in total. The molecule has 0 aliphatic rings. The molecule has 3 rings (SSSR count). The number of ether oxygens (including phenoxy) is 1. The first-order valence-electron chi connectivity index (χ1n) is 8.70. The molecule has 0 unspecified atom stereocenters. The minimum Gasteiger partial charge on any atom is -0.497 e. The third-order valence-electron chi connectivity index (χ3n) is 4.15. The van der Waals surface area contributed by atoms with E-state index in [1.807, 2.05) is 12.1 Å². The Morgan fingerprint density at radius 2 is 1.29 bits per heavy atom. The van der Waals surface area contributed by atoms with Gasteiger partial charge in [0, 0.05) is 11.1 Å². The summed E-state index contributed by atoms with van der Waals surface area (Å²) in [6.45, 7) is 1.44. The van der Waals surface area contributed by atoms with Gasteiger partial charge < -0.3 is 14.2 Å². The number of hydrogen-bond acceptors (Lipinski definition) is 4. The monoisotopic (exact) mass is 402 g/mol. The first-order chi connectivity index (χ1) is 13.5. The van der Waals surface area contributed by atoms with E-state index >= 15 is 0 Å². The molecule has 0 fully saturated rings. The number of quaternary nitrogens is 1. The number of hydrogen-bond donors (Lipinski definition) is 1. The Hall–Kier alpha value is -2.90. The lowest BCUT2D eigenvalue weighted by molar-refractivity contribution is -0.686. The van der Waals surface area contributed by atoms with Crippen LogP contribution in [0, 0.1) is 5.82 Å². The van der Waals surface area contributed by atoms with Crippen molar-refractivity contribution in [2.24, 2.45) is 0 Å². The van der Waals surface area contributed by atoms with Crippen LogP contribution in [-0.4, -0.2) is 15.5 Å². The second kappa shape index (κ2) is 8.86. The van der Waals surface area contributed by atoms with E-state index in [4.69, 9.17) is 8.92 Å². The second-order valence-corrected chi connectivity index (χ2v) is 7.73. The van der Waals surface area contributed by atoms with Crippen LogP contribution in [0.3, 0.4) is 0 Å². The van der Waals surface area contributed by atoms with E-state index in [1.54, 1.807) is 36.4 Å². The highest BCUT2D eigenvalue weighted by Gasteiger charge is 2.16. The Labute approximate surface area is 163 Å². The Bertz CT molecular complexity index is 1000. The third kappa shape index (κ3) is 5.31. The first-order valence-corrected chi connectivity index (χ1v) is 10.1. The smallest absolute Gasteiger partial charge is 0.339 e. The van der Waals surface area contributed by atoms with Gasteiger partial charge in [0.1, 0.15) is 35.3 Å². The predicted octanol–water partition coefficient (Wildman–Crippen LogP) is 2.87. The number of halogens is 1. The zero-order valence-corrected chi connectivity index (χ0v) is 16.2. The lowest BCUT2D eigenvalue weighted by Gasteiger charge is -2.08. The molecule has 146 valence electrons. The zero-order chi connectivity index (χ0) is 20.0. The van der Waals surface area contributed by atoms with Crippen molar-refractivity contribution in [1.82, 2.24) is 0 Å². The Morgan fingerprint density at radius 1 is 0.786 bits per heavy atom. The van der Waals surface area contributed by atoms with Gasteiger partial charge in [-0.1, -0.05) is 12.1 Å². The molecule has 0 spiro atoms. The minimum absolute atomic E-state index is 0.0602. The molecular weight excluding hydrogens is 381 g/mol.